The minimum absolute atomic E-state index is 0.0261. The molecule has 2 N–H and O–H groups in total. The van der Waals surface area contributed by atoms with Gasteiger partial charge in [-0.3, -0.25) is 0 Å². The molecule has 0 amide bonds. The molecule has 0 spiro atoms. The van der Waals surface area contributed by atoms with Crippen molar-refractivity contribution in [2.75, 3.05) is 6.54 Å². The smallest absolute Gasteiger partial charge is 0.415 e. The third-order valence-electron chi connectivity index (χ3n) is 4.71. The van der Waals surface area contributed by atoms with Crippen molar-refractivity contribution >= 4 is 27.0 Å². The minimum atomic E-state index is -4.58. The number of hydrogen-bond donors (Lipinski definition) is 2. The van der Waals surface area contributed by atoms with Crippen LogP contribution >= 0.6 is 15.9 Å². The fraction of sp³-hybridized carbons (Fsp3) is 0.588. The third-order valence-corrected chi connectivity index (χ3v) is 5.32. The SMILES string of the molecule is Cn1cnc2c(Br)cc(O[C@H]3CC[C@@H](NC[C@@H](O)C(F)(F)F)CC3)cc21. The first-order valence-corrected chi connectivity index (χ1v) is 9.28. The third kappa shape index (κ3) is 4.50. The zero-order valence-corrected chi connectivity index (χ0v) is 15.8. The lowest BCUT2D eigenvalue weighted by atomic mass is 9.93. The summed E-state index contributed by atoms with van der Waals surface area (Å²) in [5.74, 6) is 0.747. The number of hydrogen-bond acceptors (Lipinski definition) is 4. The molecule has 3 rings (SSSR count). The number of alkyl halides is 3. The van der Waals surface area contributed by atoms with Crippen molar-refractivity contribution < 1.29 is 23.0 Å². The average Bonchev–Trinajstić information content (AvgIpc) is 2.95. The van der Waals surface area contributed by atoms with E-state index >= 15 is 0 Å². The monoisotopic (exact) mass is 435 g/mol. The van der Waals surface area contributed by atoms with Gasteiger partial charge >= 0.3 is 6.18 Å². The van der Waals surface area contributed by atoms with E-state index in [1.165, 1.54) is 0 Å². The van der Waals surface area contributed by atoms with Crippen LogP contribution in [0.25, 0.3) is 11.0 Å². The molecule has 0 radical (unpaired) electrons. The number of aryl methyl sites for hydroxylation is 1. The molecule has 1 atom stereocenters. The van der Waals surface area contributed by atoms with Gasteiger partial charge in [0, 0.05) is 30.2 Å². The molecule has 1 aromatic heterocycles. The second kappa shape index (κ2) is 7.74. The van der Waals surface area contributed by atoms with Gasteiger partial charge in [0.1, 0.15) is 11.3 Å². The number of rotatable bonds is 5. The Morgan fingerprint density at radius 3 is 2.69 bits per heavy atom. The number of aliphatic hydroxyl groups is 1. The van der Waals surface area contributed by atoms with Crippen molar-refractivity contribution in [1.29, 1.82) is 0 Å². The van der Waals surface area contributed by atoms with Crippen LogP contribution in [0.3, 0.4) is 0 Å². The Hall–Kier alpha value is -1.32. The Morgan fingerprint density at radius 1 is 1.35 bits per heavy atom. The zero-order chi connectivity index (χ0) is 18.9. The molecule has 0 saturated heterocycles. The Kier molecular flexibility index (Phi) is 5.78. The van der Waals surface area contributed by atoms with E-state index in [9.17, 15) is 13.2 Å². The second-order valence-electron chi connectivity index (χ2n) is 6.69. The summed E-state index contributed by atoms with van der Waals surface area (Å²) >= 11 is 3.50. The largest absolute Gasteiger partial charge is 0.490 e. The first-order chi connectivity index (χ1) is 12.2. The molecule has 2 aromatic rings. The van der Waals surface area contributed by atoms with Crippen LogP contribution in [0.5, 0.6) is 5.75 Å². The van der Waals surface area contributed by atoms with Crippen molar-refractivity contribution in [3.05, 3.63) is 22.9 Å². The van der Waals surface area contributed by atoms with Gasteiger partial charge in [0.2, 0.25) is 0 Å². The van der Waals surface area contributed by atoms with Crippen LogP contribution in [-0.4, -0.2) is 45.6 Å². The highest BCUT2D eigenvalue weighted by molar-refractivity contribution is 9.10. The number of aliphatic hydroxyl groups excluding tert-OH is 1. The molecular formula is C17H21BrF3N3O2. The van der Waals surface area contributed by atoms with E-state index in [2.05, 4.69) is 26.2 Å². The highest BCUT2D eigenvalue weighted by atomic mass is 79.9. The second-order valence-corrected chi connectivity index (χ2v) is 7.54. The Bertz CT molecular complexity index is 758. The van der Waals surface area contributed by atoms with Gasteiger partial charge < -0.3 is 19.7 Å². The molecule has 5 nitrogen and oxygen atoms in total. The van der Waals surface area contributed by atoms with Gasteiger partial charge in [-0.1, -0.05) is 0 Å². The van der Waals surface area contributed by atoms with E-state index in [0.717, 1.165) is 34.1 Å². The molecule has 26 heavy (non-hydrogen) atoms. The maximum Gasteiger partial charge on any atom is 0.415 e. The highest BCUT2D eigenvalue weighted by Gasteiger charge is 2.38. The standard InChI is InChI=1S/C17H21BrF3N3O2/c1-24-9-23-16-13(18)6-12(7-14(16)24)26-11-4-2-10(3-5-11)22-8-15(25)17(19,20)21/h6-7,9-11,15,22,25H,2-5,8H2,1H3/t10-,11+,15-/m1/s1. The number of aromatic nitrogens is 2. The molecule has 1 aromatic carbocycles. The summed E-state index contributed by atoms with van der Waals surface area (Å²) in [5.41, 5.74) is 1.84. The van der Waals surface area contributed by atoms with Crippen LogP contribution in [-0.2, 0) is 7.05 Å². The van der Waals surface area contributed by atoms with Gasteiger partial charge in [0.15, 0.2) is 6.10 Å². The van der Waals surface area contributed by atoms with Crippen LogP contribution < -0.4 is 10.1 Å². The van der Waals surface area contributed by atoms with Crippen molar-refractivity contribution in [3.8, 4) is 5.75 Å². The van der Waals surface area contributed by atoms with Crippen molar-refractivity contribution in [1.82, 2.24) is 14.9 Å². The summed E-state index contributed by atoms with van der Waals surface area (Å²) in [5, 5.41) is 11.9. The van der Waals surface area contributed by atoms with Crippen LogP contribution in [0.15, 0.2) is 22.9 Å². The van der Waals surface area contributed by atoms with Gasteiger partial charge in [0.05, 0.1) is 17.9 Å². The fourth-order valence-corrected chi connectivity index (χ4v) is 3.73. The highest BCUT2D eigenvalue weighted by Crippen LogP contribution is 2.31. The summed E-state index contributed by atoms with van der Waals surface area (Å²) in [4.78, 5) is 4.32. The van der Waals surface area contributed by atoms with Gasteiger partial charge in [0.25, 0.3) is 0 Å². The summed E-state index contributed by atoms with van der Waals surface area (Å²) < 4.78 is 45.9. The van der Waals surface area contributed by atoms with Crippen molar-refractivity contribution in [2.24, 2.45) is 7.05 Å². The Labute approximate surface area is 157 Å². The summed E-state index contributed by atoms with van der Waals surface area (Å²) in [7, 11) is 1.91. The summed E-state index contributed by atoms with van der Waals surface area (Å²) in [6.07, 6.45) is -2.20. The first-order valence-electron chi connectivity index (χ1n) is 8.49. The van der Waals surface area contributed by atoms with E-state index in [-0.39, 0.29) is 12.1 Å². The quantitative estimate of drug-likeness (QED) is 0.753. The predicted molar refractivity (Wildman–Crippen MR) is 95.2 cm³/mol. The molecule has 1 aliphatic carbocycles. The number of halogens is 4. The van der Waals surface area contributed by atoms with Crippen LogP contribution in [0.4, 0.5) is 13.2 Å². The lowest BCUT2D eigenvalue weighted by Crippen LogP contribution is -2.44. The maximum atomic E-state index is 12.3. The normalized spacial score (nSPS) is 22.5. The van der Waals surface area contributed by atoms with Crippen LogP contribution in [0, 0.1) is 0 Å². The number of fused-ring (bicyclic) bond motifs is 1. The van der Waals surface area contributed by atoms with Crippen molar-refractivity contribution in [3.63, 3.8) is 0 Å². The lowest BCUT2D eigenvalue weighted by molar-refractivity contribution is -0.202. The molecule has 1 aliphatic rings. The number of imidazole rings is 1. The molecule has 1 saturated carbocycles. The number of benzene rings is 1. The van der Waals surface area contributed by atoms with E-state index in [1.807, 2.05) is 23.7 Å². The molecular weight excluding hydrogens is 415 g/mol. The first kappa shape index (κ1) is 19.4. The summed E-state index contributed by atoms with van der Waals surface area (Å²) in [6.45, 7) is -0.468. The number of nitrogens with zero attached hydrogens (tertiary/aromatic N) is 2. The Balaban J connectivity index is 1.52. The molecule has 9 heteroatoms. The van der Waals surface area contributed by atoms with Gasteiger partial charge in [-0.2, -0.15) is 13.2 Å². The molecule has 0 bridgehead atoms. The van der Waals surface area contributed by atoms with Crippen molar-refractivity contribution in [2.45, 2.75) is 50.1 Å². The number of ether oxygens (including phenoxy) is 1. The van der Waals surface area contributed by atoms with Gasteiger partial charge in [-0.15, -0.1) is 0 Å². The van der Waals surface area contributed by atoms with E-state index in [1.54, 1.807) is 6.33 Å². The number of nitrogens with one attached hydrogen (secondary N) is 1. The van der Waals surface area contributed by atoms with E-state index in [0.29, 0.717) is 12.8 Å². The molecule has 0 unspecified atom stereocenters. The summed E-state index contributed by atoms with van der Waals surface area (Å²) in [6, 6.07) is 3.80. The van der Waals surface area contributed by atoms with E-state index in [4.69, 9.17) is 9.84 Å². The molecule has 1 heterocycles. The maximum absolute atomic E-state index is 12.3. The lowest BCUT2D eigenvalue weighted by Gasteiger charge is -2.30. The van der Waals surface area contributed by atoms with E-state index < -0.39 is 18.8 Å². The molecule has 1 fully saturated rings. The fourth-order valence-electron chi connectivity index (χ4n) is 3.20. The van der Waals surface area contributed by atoms with Gasteiger partial charge in [-0.05, 0) is 47.7 Å². The predicted octanol–water partition coefficient (Wildman–Crippen LogP) is 3.54. The average molecular weight is 436 g/mol. The Morgan fingerprint density at radius 2 is 2.04 bits per heavy atom. The zero-order valence-electron chi connectivity index (χ0n) is 14.3. The minimum Gasteiger partial charge on any atom is -0.490 e. The molecule has 0 aliphatic heterocycles. The van der Waals surface area contributed by atoms with Crippen LogP contribution in [0.1, 0.15) is 25.7 Å². The van der Waals surface area contributed by atoms with Crippen LogP contribution in [0.2, 0.25) is 0 Å². The topological polar surface area (TPSA) is 59.3 Å². The van der Waals surface area contributed by atoms with Gasteiger partial charge in [-0.25, -0.2) is 4.98 Å². The molecule has 144 valence electrons.